The highest BCUT2D eigenvalue weighted by atomic mass is 16.3. The molecule has 0 radical (unpaired) electrons. The Morgan fingerprint density at radius 1 is 1.50 bits per heavy atom. The monoisotopic (exact) mass is 170 g/mol. The standard InChI is InChI=1S/C7H14N4O/c1-11(2)4-3-6-8-7(5-12)10-9-6/h12H,3-5H2,1-2H3,(H,8,9,10). The summed E-state index contributed by atoms with van der Waals surface area (Å²) in [6.07, 6.45) is 0.809. The van der Waals surface area contributed by atoms with Crippen LogP contribution in [0.1, 0.15) is 11.6 Å². The van der Waals surface area contributed by atoms with E-state index in [1.165, 1.54) is 0 Å². The van der Waals surface area contributed by atoms with Crippen LogP contribution in [0.25, 0.3) is 0 Å². The zero-order valence-electron chi connectivity index (χ0n) is 7.41. The molecular formula is C7H14N4O. The minimum absolute atomic E-state index is 0.0744. The smallest absolute Gasteiger partial charge is 0.152 e. The number of aliphatic hydroxyl groups excluding tert-OH is 1. The van der Waals surface area contributed by atoms with Crippen molar-refractivity contribution in [1.82, 2.24) is 20.1 Å². The van der Waals surface area contributed by atoms with Gasteiger partial charge in [0.2, 0.25) is 0 Å². The fourth-order valence-electron chi connectivity index (χ4n) is 0.841. The highest BCUT2D eigenvalue weighted by Crippen LogP contribution is 1.93. The second-order valence-electron chi connectivity index (χ2n) is 2.91. The summed E-state index contributed by atoms with van der Waals surface area (Å²) in [6, 6.07) is 0. The van der Waals surface area contributed by atoms with Crippen LogP contribution in [0.3, 0.4) is 0 Å². The summed E-state index contributed by atoms with van der Waals surface area (Å²) >= 11 is 0. The third kappa shape index (κ3) is 2.60. The van der Waals surface area contributed by atoms with Gasteiger partial charge in [-0.3, -0.25) is 5.10 Å². The van der Waals surface area contributed by atoms with E-state index >= 15 is 0 Å². The Bertz CT molecular complexity index is 233. The molecule has 0 aliphatic rings. The number of aliphatic hydroxyl groups is 1. The van der Waals surface area contributed by atoms with Gasteiger partial charge >= 0.3 is 0 Å². The van der Waals surface area contributed by atoms with Gasteiger partial charge in [0, 0.05) is 13.0 Å². The Morgan fingerprint density at radius 2 is 2.25 bits per heavy atom. The van der Waals surface area contributed by atoms with Crippen molar-refractivity contribution in [3.63, 3.8) is 0 Å². The molecule has 1 aromatic rings. The molecule has 0 saturated carbocycles. The van der Waals surface area contributed by atoms with Crippen molar-refractivity contribution in [2.45, 2.75) is 13.0 Å². The molecule has 0 spiro atoms. The van der Waals surface area contributed by atoms with Gasteiger partial charge in [-0.1, -0.05) is 0 Å². The van der Waals surface area contributed by atoms with Gasteiger partial charge in [-0.05, 0) is 14.1 Å². The summed E-state index contributed by atoms with van der Waals surface area (Å²) < 4.78 is 0. The molecule has 1 rings (SSSR count). The highest BCUT2D eigenvalue weighted by Gasteiger charge is 2.01. The van der Waals surface area contributed by atoms with Gasteiger partial charge in [-0.15, -0.1) is 0 Å². The van der Waals surface area contributed by atoms with Crippen molar-refractivity contribution in [2.24, 2.45) is 0 Å². The lowest BCUT2D eigenvalue weighted by Gasteiger charge is -2.05. The molecule has 5 heteroatoms. The molecule has 0 aliphatic heterocycles. The van der Waals surface area contributed by atoms with Crippen LogP contribution >= 0.6 is 0 Å². The van der Waals surface area contributed by atoms with E-state index in [0.717, 1.165) is 18.8 Å². The highest BCUT2D eigenvalue weighted by molar-refractivity contribution is 4.89. The number of likely N-dealkylation sites (N-methyl/N-ethyl adjacent to an activating group) is 1. The predicted octanol–water partition coefficient (Wildman–Crippen LogP) is -0.599. The molecule has 0 fully saturated rings. The second-order valence-corrected chi connectivity index (χ2v) is 2.91. The molecule has 0 saturated heterocycles. The molecule has 12 heavy (non-hydrogen) atoms. The summed E-state index contributed by atoms with van der Waals surface area (Å²) in [5.41, 5.74) is 0. The fraction of sp³-hybridized carbons (Fsp3) is 0.714. The minimum atomic E-state index is -0.0744. The van der Waals surface area contributed by atoms with E-state index in [0.29, 0.717) is 5.82 Å². The van der Waals surface area contributed by atoms with Crippen molar-refractivity contribution < 1.29 is 5.11 Å². The molecule has 0 bridgehead atoms. The van der Waals surface area contributed by atoms with Crippen molar-refractivity contribution in [3.05, 3.63) is 11.6 Å². The SMILES string of the molecule is CN(C)CCc1n[nH]c(CO)n1. The van der Waals surface area contributed by atoms with Gasteiger partial charge in [-0.25, -0.2) is 4.98 Å². The number of nitrogens with one attached hydrogen (secondary N) is 1. The lowest BCUT2D eigenvalue weighted by atomic mass is 10.4. The first-order valence-corrected chi connectivity index (χ1v) is 3.88. The van der Waals surface area contributed by atoms with Crippen molar-refractivity contribution in [2.75, 3.05) is 20.6 Å². The Kier molecular flexibility index (Phi) is 3.19. The number of hydrogen-bond acceptors (Lipinski definition) is 4. The molecule has 0 atom stereocenters. The van der Waals surface area contributed by atoms with Crippen molar-refractivity contribution >= 4 is 0 Å². The van der Waals surface area contributed by atoms with Crippen molar-refractivity contribution in [1.29, 1.82) is 0 Å². The van der Waals surface area contributed by atoms with Crippen LogP contribution in [0.4, 0.5) is 0 Å². The molecule has 2 N–H and O–H groups in total. The summed E-state index contributed by atoms with van der Waals surface area (Å²) in [4.78, 5) is 6.12. The molecule has 5 nitrogen and oxygen atoms in total. The van der Waals surface area contributed by atoms with Crippen LogP contribution < -0.4 is 0 Å². The Labute approximate surface area is 71.4 Å². The number of H-pyrrole nitrogens is 1. The van der Waals surface area contributed by atoms with E-state index in [9.17, 15) is 0 Å². The number of hydrogen-bond donors (Lipinski definition) is 2. The molecule has 1 heterocycles. The Hall–Kier alpha value is -0.940. The number of aromatic amines is 1. The van der Waals surface area contributed by atoms with Crippen LogP contribution in [-0.4, -0.2) is 45.8 Å². The summed E-state index contributed by atoms with van der Waals surface area (Å²) in [5.74, 6) is 1.29. The summed E-state index contributed by atoms with van der Waals surface area (Å²) in [7, 11) is 4.00. The molecular weight excluding hydrogens is 156 g/mol. The van der Waals surface area contributed by atoms with Crippen LogP contribution in [-0.2, 0) is 13.0 Å². The first-order chi connectivity index (χ1) is 5.72. The number of aromatic nitrogens is 3. The van der Waals surface area contributed by atoms with Crippen molar-refractivity contribution in [3.8, 4) is 0 Å². The van der Waals surface area contributed by atoms with E-state index in [1.807, 2.05) is 14.1 Å². The maximum Gasteiger partial charge on any atom is 0.152 e. The van der Waals surface area contributed by atoms with Gasteiger partial charge in [-0.2, -0.15) is 5.10 Å². The maximum atomic E-state index is 8.68. The quantitative estimate of drug-likeness (QED) is 0.633. The van der Waals surface area contributed by atoms with Gasteiger partial charge in [0.25, 0.3) is 0 Å². The summed E-state index contributed by atoms with van der Waals surface area (Å²) in [5, 5.41) is 15.3. The first kappa shape index (κ1) is 9.15. The first-order valence-electron chi connectivity index (χ1n) is 3.88. The van der Waals surface area contributed by atoms with Gasteiger partial charge in [0.15, 0.2) is 5.82 Å². The molecule has 0 aliphatic carbocycles. The van der Waals surface area contributed by atoms with Crippen LogP contribution in [0.2, 0.25) is 0 Å². The third-order valence-corrected chi connectivity index (χ3v) is 1.51. The van der Waals surface area contributed by atoms with Gasteiger partial charge < -0.3 is 10.0 Å². The minimum Gasteiger partial charge on any atom is -0.388 e. The van der Waals surface area contributed by atoms with E-state index in [-0.39, 0.29) is 6.61 Å². The topological polar surface area (TPSA) is 65.0 Å². The number of rotatable bonds is 4. The second kappa shape index (κ2) is 4.18. The normalized spacial score (nSPS) is 11.0. The average molecular weight is 170 g/mol. The average Bonchev–Trinajstić information content (AvgIpc) is 2.48. The lowest BCUT2D eigenvalue weighted by molar-refractivity contribution is 0.271. The van der Waals surface area contributed by atoms with E-state index in [4.69, 9.17) is 5.11 Å². The molecule has 1 aromatic heterocycles. The van der Waals surface area contributed by atoms with Crippen LogP contribution in [0.15, 0.2) is 0 Å². The van der Waals surface area contributed by atoms with E-state index in [2.05, 4.69) is 20.1 Å². The summed E-state index contributed by atoms with van der Waals surface area (Å²) in [6.45, 7) is 0.845. The Balaban J connectivity index is 2.41. The largest absolute Gasteiger partial charge is 0.388 e. The zero-order chi connectivity index (χ0) is 8.97. The van der Waals surface area contributed by atoms with Crippen LogP contribution in [0, 0.1) is 0 Å². The number of nitrogens with zero attached hydrogens (tertiary/aromatic N) is 3. The predicted molar refractivity (Wildman–Crippen MR) is 44.6 cm³/mol. The fourth-order valence-corrected chi connectivity index (χ4v) is 0.841. The molecule has 68 valence electrons. The molecule has 0 aromatic carbocycles. The maximum absolute atomic E-state index is 8.68. The Morgan fingerprint density at radius 3 is 2.75 bits per heavy atom. The zero-order valence-corrected chi connectivity index (χ0v) is 7.41. The van der Waals surface area contributed by atoms with E-state index in [1.54, 1.807) is 0 Å². The van der Waals surface area contributed by atoms with Gasteiger partial charge in [0.05, 0.1) is 0 Å². The van der Waals surface area contributed by atoms with Crippen LogP contribution in [0.5, 0.6) is 0 Å². The van der Waals surface area contributed by atoms with Gasteiger partial charge in [0.1, 0.15) is 12.4 Å². The van der Waals surface area contributed by atoms with E-state index < -0.39 is 0 Å². The molecule has 0 amide bonds. The lowest BCUT2D eigenvalue weighted by Crippen LogP contribution is -2.15. The molecule has 0 unspecified atom stereocenters. The third-order valence-electron chi connectivity index (χ3n) is 1.51.